The summed E-state index contributed by atoms with van der Waals surface area (Å²) in [5, 5.41) is 3.66. The summed E-state index contributed by atoms with van der Waals surface area (Å²) >= 11 is 6.11. The number of aryl methyl sites for hydroxylation is 1. The van der Waals surface area contributed by atoms with Crippen molar-refractivity contribution in [3.05, 3.63) is 52.8 Å². The Morgan fingerprint density at radius 2 is 2.17 bits per heavy atom. The van der Waals surface area contributed by atoms with Crippen molar-refractivity contribution in [3.8, 4) is 0 Å². The minimum Gasteiger partial charge on any atom is -0.353 e. The van der Waals surface area contributed by atoms with Crippen molar-refractivity contribution in [2.24, 2.45) is 7.05 Å². The van der Waals surface area contributed by atoms with Crippen molar-refractivity contribution in [1.29, 1.82) is 0 Å². The second-order valence-corrected chi connectivity index (χ2v) is 6.54. The molecule has 4 nitrogen and oxygen atoms in total. The number of likely N-dealkylation sites (tertiary alicyclic amines) is 1. The third-order valence-corrected chi connectivity index (χ3v) is 4.99. The summed E-state index contributed by atoms with van der Waals surface area (Å²) in [4.78, 5) is 14.7. The fourth-order valence-electron chi connectivity index (χ4n) is 3.29. The Kier molecular flexibility index (Phi) is 4.74. The molecule has 1 aromatic heterocycles. The Hall–Kier alpha value is -1.78. The first-order chi connectivity index (χ1) is 11.1. The molecule has 1 N–H and O–H groups in total. The molecule has 0 bridgehead atoms. The number of hydrogen-bond donors (Lipinski definition) is 1. The van der Waals surface area contributed by atoms with E-state index in [0.29, 0.717) is 17.6 Å². The van der Waals surface area contributed by atoms with Crippen molar-refractivity contribution in [3.63, 3.8) is 0 Å². The van der Waals surface area contributed by atoms with Crippen LogP contribution in [0.3, 0.4) is 0 Å². The van der Waals surface area contributed by atoms with Gasteiger partial charge in [-0.15, -0.1) is 0 Å². The van der Waals surface area contributed by atoms with Gasteiger partial charge in [0.05, 0.1) is 12.6 Å². The SMILES string of the molecule is Cc1c(Cl)cccc1NC(=O)CN1CCCC1c1cccn1C. The third kappa shape index (κ3) is 3.43. The zero-order valence-corrected chi connectivity index (χ0v) is 14.3. The second kappa shape index (κ2) is 6.77. The van der Waals surface area contributed by atoms with Gasteiger partial charge in [-0.25, -0.2) is 0 Å². The van der Waals surface area contributed by atoms with Crippen molar-refractivity contribution in [2.75, 3.05) is 18.4 Å². The lowest BCUT2D eigenvalue weighted by atomic mass is 10.1. The lowest BCUT2D eigenvalue weighted by molar-refractivity contribution is -0.117. The van der Waals surface area contributed by atoms with E-state index >= 15 is 0 Å². The van der Waals surface area contributed by atoms with E-state index in [4.69, 9.17) is 11.6 Å². The van der Waals surface area contributed by atoms with Crippen LogP contribution in [0.5, 0.6) is 0 Å². The molecule has 1 unspecified atom stereocenters. The first-order valence-corrected chi connectivity index (χ1v) is 8.34. The maximum atomic E-state index is 12.4. The minimum atomic E-state index is 0.0106. The number of amides is 1. The lowest BCUT2D eigenvalue weighted by Gasteiger charge is -2.24. The number of benzene rings is 1. The fourth-order valence-corrected chi connectivity index (χ4v) is 3.46. The van der Waals surface area contributed by atoms with Gasteiger partial charge >= 0.3 is 0 Å². The van der Waals surface area contributed by atoms with E-state index in [1.165, 1.54) is 5.69 Å². The van der Waals surface area contributed by atoms with Crippen molar-refractivity contribution in [1.82, 2.24) is 9.47 Å². The minimum absolute atomic E-state index is 0.0106. The molecule has 2 aromatic rings. The Morgan fingerprint density at radius 3 is 2.91 bits per heavy atom. The highest BCUT2D eigenvalue weighted by Crippen LogP contribution is 2.31. The maximum absolute atomic E-state index is 12.4. The van der Waals surface area contributed by atoms with Gasteiger partial charge in [0.2, 0.25) is 5.91 Å². The number of carbonyl (C=O) groups is 1. The summed E-state index contributed by atoms with van der Waals surface area (Å²) in [5.41, 5.74) is 2.97. The Balaban J connectivity index is 1.67. The van der Waals surface area contributed by atoms with E-state index in [1.54, 1.807) is 0 Å². The predicted octanol–water partition coefficient (Wildman–Crippen LogP) is 3.76. The zero-order chi connectivity index (χ0) is 16.4. The number of carbonyl (C=O) groups excluding carboxylic acids is 1. The molecule has 5 heteroatoms. The Bertz CT molecular complexity index is 710. The molecule has 1 aliphatic heterocycles. The van der Waals surface area contributed by atoms with Gasteiger partial charge in [-0.1, -0.05) is 17.7 Å². The summed E-state index contributed by atoms with van der Waals surface area (Å²) < 4.78 is 2.14. The molecule has 2 heterocycles. The zero-order valence-electron chi connectivity index (χ0n) is 13.6. The molecular formula is C18H22ClN3O. The molecule has 1 aromatic carbocycles. The number of nitrogens with zero attached hydrogens (tertiary/aromatic N) is 2. The number of halogens is 1. The van der Waals surface area contributed by atoms with Crippen LogP contribution >= 0.6 is 11.6 Å². The van der Waals surface area contributed by atoms with E-state index in [0.717, 1.165) is 30.6 Å². The molecule has 0 radical (unpaired) electrons. The van der Waals surface area contributed by atoms with Gasteiger partial charge in [-0.3, -0.25) is 9.69 Å². The summed E-state index contributed by atoms with van der Waals surface area (Å²) in [7, 11) is 2.06. The molecule has 3 rings (SSSR count). The van der Waals surface area contributed by atoms with Crippen LogP contribution in [0.2, 0.25) is 5.02 Å². The Labute approximate surface area is 142 Å². The van der Waals surface area contributed by atoms with Gasteiger partial charge in [0, 0.05) is 29.6 Å². The largest absolute Gasteiger partial charge is 0.353 e. The quantitative estimate of drug-likeness (QED) is 0.926. The van der Waals surface area contributed by atoms with Gasteiger partial charge in [0.25, 0.3) is 0 Å². The number of nitrogens with one attached hydrogen (secondary N) is 1. The predicted molar refractivity (Wildman–Crippen MR) is 93.8 cm³/mol. The molecule has 1 saturated heterocycles. The van der Waals surface area contributed by atoms with Crippen molar-refractivity contribution < 1.29 is 4.79 Å². The summed E-state index contributed by atoms with van der Waals surface area (Å²) in [6.45, 7) is 3.28. The number of hydrogen-bond acceptors (Lipinski definition) is 2. The van der Waals surface area contributed by atoms with E-state index < -0.39 is 0 Å². The summed E-state index contributed by atoms with van der Waals surface area (Å²) in [6.07, 6.45) is 4.28. The molecule has 1 atom stereocenters. The molecule has 0 spiro atoms. The lowest BCUT2D eigenvalue weighted by Crippen LogP contribution is -2.33. The van der Waals surface area contributed by atoms with Crippen LogP contribution in [0.25, 0.3) is 0 Å². The smallest absolute Gasteiger partial charge is 0.238 e. The average molecular weight is 332 g/mol. The first-order valence-electron chi connectivity index (χ1n) is 7.96. The molecule has 122 valence electrons. The maximum Gasteiger partial charge on any atom is 0.238 e. The molecule has 1 aliphatic rings. The van der Waals surface area contributed by atoms with Crippen molar-refractivity contribution >= 4 is 23.2 Å². The van der Waals surface area contributed by atoms with Crippen LogP contribution < -0.4 is 5.32 Å². The van der Waals surface area contributed by atoms with Gasteiger partial charge < -0.3 is 9.88 Å². The standard InChI is InChI=1S/C18H22ClN3O/c1-13-14(19)6-3-7-15(13)20-18(23)12-22-11-5-9-17(22)16-8-4-10-21(16)2/h3-4,6-8,10,17H,5,9,11-12H2,1-2H3,(H,20,23). The van der Waals surface area contributed by atoms with Crippen molar-refractivity contribution in [2.45, 2.75) is 25.8 Å². The normalized spacial score (nSPS) is 18.3. The van der Waals surface area contributed by atoms with Gasteiger partial charge in [0.1, 0.15) is 0 Å². The highest BCUT2D eigenvalue weighted by atomic mass is 35.5. The van der Waals surface area contributed by atoms with Gasteiger partial charge in [0.15, 0.2) is 0 Å². The van der Waals surface area contributed by atoms with Crippen LogP contribution in [0.15, 0.2) is 36.5 Å². The fraction of sp³-hybridized carbons (Fsp3) is 0.389. The monoisotopic (exact) mass is 331 g/mol. The topological polar surface area (TPSA) is 37.3 Å². The van der Waals surface area contributed by atoms with Crippen LogP contribution in [-0.4, -0.2) is 28.5 Å². The number of aromatic nitrogens is 1. The van der Waals surface area contributed by atoms with Crippen LogP contribution in [0.4, 0.5) is 5.69 Å². The average Bonchev–Trinajstić information content (AvgIpc) is 3.12. The van der Waals surface area contributed by atoms with E-state index in [9.17, 15) is 4.79 Å². The number of rotatable bonds is 4. The molecular weight excluding hydrogens is 310 g/mol. The van der Waals surface area contributed by atoms with E-state index in [2.05, 4.69) is 40.2 Å². The summed E-state index contributed by atoms with van der Waals surface area (Å²) in [5.74, 6) is 0.0106. The van der Waals surface area contributed by atoms with Crippen LogP contribution in [0, 0.1) is 6.92 Å². The van der Waals surface area contributed by atoms with E-state index in [-0.39, 0.29) is 5.91 Å². The highest BCUT2D eigenvalue weighted by Gasteiger charge is 2.29. The molecule has 1 fully saturated rings. The molecule has 1 amide bonds. The van der Waals surface area contributed by atoms with Crippen LogP contribution in [0.1, 0.15) is 30.1 Å². The Morgan fingerprint density at radius 1 is 1.35 bits per heavy atom. The molecule has 0 aliphatic carbocycles. The second-order valence-electron chi connectivity index (χ2n) is 6.13. The van der Waals surface area contributed by atoms with Gasteiger partial charge in [-0.2, -0.15) is 0 Å². The van der Waals surface area contributed by atoms with E-state index in [1.807, 2.05) is 25.1 Å². The van der Waals surface area contributed by atoms with Gasteiger partial charge in [-0.05, 0) is 56.1 Å². The molecule has 23 heavy (non-hydrogen) atoms. The third-order valence-electron chi connectivity index (χ3n) is 4.58. The summed E-state index contributed by atoms with van der Waals surface area (Å²) in [6, 6.07) is 10.1. The first kappa shape index (κ1) is 16.1. The molecule has 0 saturated carbocycles. The highest BCUT2D eigenvalue weighted by molar-refractivity contribution is 6.31. The number of anilines is 1. The van der Waals surface area contributed by atoms with Crippen LogP contribution in [-0.2, 0) is 11.8 Å².